The Hall–Kier alpha value is -3.93. The number of nitrogens with zero attached hydrogens (tertiary/aromatic N) is 5. The third-order valence-corrected chi connectivity index (χ3v) is 7.60. The summed E-state index contributed by atoms with van der Waals surface area (Å²) in [7, 11) is 5.73. The van der Waals surface area contributed by atoms with Crippen LogP contribution in [0, 0.1) is 5.82 Å². The number of hydrogen-bond donors (Lipinski definition) is 2. The van der Waals surface area contributed by atoms with Crippen LogP contribution in [0.15, 0.2) is 55.4 Å². The van der Waals surface area contributed by atoms with Gasteiger partial charge in [-0.05, 0) is 44.8 Å². The van der Waals surface area contributed by atoms with Crippen molar-refractivity contribution >= 4 is 46.2 Å². The molecule has 12 heteroatoms. The summed E-state index contributed by atoms with van der Waals surface area (Å²) in [6, 6.07) is 10.1. The van der Waals surface area contributed by atoms with Crippen molar-refractivity contribution in [2.24, 2.45) is 0 Å². The molecule has 2 N–H and O–H groups in total. The lowest BCUT2D eigenvalue weighted by Gasteiger charge is -2.26. The minimum atomic E-state index is -0.403. The first-order chi connectivity index (χ1) is 19.8. The van der Waals surface area contributed by atoms with E-state index < -0.39 is 5.82 Å². The quantitative estimate of drug-likeness (QED) is 0.332. The molecule has 2 aliphatic heterocycles. The number of carbonyl (C=O) groups is 1. The SMILES string of the molecule is C=CC(=O)Nc1cc(Nc2cc(N3OCC[C@@H]3c3ccc(Cl)cc3F)ncn2)c(OC)cc1N1CC[C@@H](N(C)C)C1. The maximum absolute atomic E-state index is 14.7. The number of aromatic nitrogens is 2. The number of rotatable bonds is 9. The number of nitrogens with one attached hydrogen (secondary N) is 2. The minimum Gasteiger partial charge on any atom is -0.494 e. The smallest absolute Gasteiger partial charge is 0.247 e. The molecule has 2 aromatic carbocycles. The minimum absolute atomic E-state index is 0.318. The van der Waals surface area contributed by atoms with Crippen molar-refractivity contribution in [2.45, 2.75) is 24.9 Å². The maximum Gasteiger partial charge on any atom is 0.247 e. The Balaban J connectivity index is 1.44. The standard InChI is InChI=1S/C29H33ClFN7O3/c1-5-29(39)35-22-13-23(26(40-4)14-25(22)37-10-8-19(16-37)36(2)3)34-27-15-28(33-17-32-27)38-24(9-11-41-38)20-7-6-18(30)12-21(20)31/h5-7,12-15,17,19,24H,1,8-11,16H2,2-4H3,(H,35,39)(H,32,33,34)/t19-,24-/m1/s1. The average Bonchev–Trinajstić information content (AvgIpc) is 3.64. The fourth-order valence-electron chi connectivity index (χ4n) is 5.19. The topological polar surface area (TPSA) is 95.1 Å². The summed E-state index contributed by atoms with van der Waals surface area (Å²) in [5.74, 6) is 0.771. The van der Waals surface area contributed by atoms with E-state index in [1.165, 1.54) is 18.5 Å². The molecule has 41 heavy (non-hydrogen) atoms. The lowest BCUT2D eigenvalue weighted by atomic mass is 10.0. The molecule has 216 valence electrons. The van der Waals surface area contributed by atoms with Gasteiger partial charge in [-0.3, -0.25) is 9.63 Å². The molecular formula is C29H33ClFN7O3. The molecule has 0 aliphatic carbocycles. The van der Waals surface area contributed by atoms with Crippen LogP contribution in [-0.2, 0) is 9.63 Å². The number of carbonyl (C=O) groups excluding carboxylic acids is 1. The van der Waals surface area contributed by atoms with E-state index in [4.69, 9.17) is 21.2 Å². The summed E-state index contributed by atoms with van der Waals surface area (Å²) in [5, 5.41) is 8.13. The molecule has 0 spiro atoms. The number of hydrogen-bond acceptors (Lipinski definition) is 9. The molecule has 2 atom stereocenters. The molecule has 0 bridgehead atoms. The largest absolute Gasteiger partial charge is 0.494 e. The molecule has 0 unspecified atom stereocenters. The number of methoxy groups -OCH3 is 1. The van der Waals surface area contributed by atoms with Crippen molar-refractivity contribution in [3.63, 3.8) is 0 Å². The van der Waals surface area contributed by atoms with E-state index in [1.54, 1.807) is 30.4 Å². The van der Waals surface area contributed by atoms with Gasteiger partial charge < -0.3 is 25.2 Å². The van der Waals surface area contributed by atoms with Gasteiger partial charge in [0.2, 0.25) is 5.91 Å². The second kappa shape index (κ2) is 12.3. The number of ether oxygens (including phenoxy) is 1. The van der Waals surface area contributed by atoms with Crippen molar-refractivity contribution < 1.29 is 18.8 Å². The molecule has 3 aromatic rings. The third kappa shape index (κ3) is 6.22. The molecule has 1 amide bonds. The second-order valence-electron chi connectivity index (χ2n) is 10.1. The van der Waals surface area contributed by atoms with E-state index in [9.17, 15) is 9.18 Å². The summed E-state index contributed by atoms with van der Waals surface area (Å²) in [6.07, 6.45) is 4.23. The van der Waals surface area contributed by atoms with Gasteiger partial charge in [0.25, 0.3) is 0 Å². The normalized spacial score (nSPS) is 18.6. The van der Waals surface area contributed by atoms with Gasteiger partial charge in [-0.15, -0.1) is 0 Å². The van der Waals surface area contributed by atoms with E-state index in [0.29, 0.717) is 58.4 Å². The Kier molecular flexibility index (Phi) is 8.57. The lowest BCUT2D eigenvalue weighted by molar-refractivity contribution is -0.111. The molecule has 2 aliphatic rings. The van der Waals surface area contributed by atoms with Crippen molar-refractivity contribution in [1.29, 1.82) is 0 Å². The Morgan fingerprint density at radius 1 is 1.22 bits per heavy atom. The number of hydroxylamine groups is 1. The van der Waals surface area contributed by atoms with Crippen LogP contribution in [0.1, 0.15) is 24.4 Å². The first-order valence-electron chi connectivity index (χ1n) is 13.3. The molecular weight excluding hydrogens is 549 g/mol. The van der Waals surface area contributed by atoms with Crippen molar-refractivity contribution in [2.75, 3.05) is 61.5 Å². The Morgan fingerprint density at radius 2 is 2.05 bits per heavy atom. The predicted molar refractivity (Wildman–Crippen MR) is 159 cm³/mol. The average molecular weight is 582 g/mol. The monoisotopic (exact) mass is 581 g/mol. The highest BCUT2D eigenvalue weighted by Gasteiger charge is 2.32. The van der Waals surface area contributed by atoms with Gasteiger partial charge in [0, 0.05) is 48.3 Å². The van der Waals surface area contributed by atoms with Gasteiger partial charge in [0.15, 0.2) is 5.82 Å². The number of benzene rings is 2. The fraction of sp³-hybridized carbons (Fsp3) is 0.345. The number of anilines is 5. The van der Waals surface area contributed by atoms with Gasteiger partial charge in [-0.2, -0.15) is 0 Å². The van der Waals surface area contributed by atoms with Gasteiger partial charge in [0.1, 0.15) is 23.7 Å². The van der Waals surface area contributed by atoms with Crippen molar-refractivity contribution in [1.82, 2.24) is 14.9 Å². The van der Waals surface area contributed by atoms with Gasteiger partial charge in [-0.25, -0.2) is 19.4 Å². The van der Waals surface area contributed by atoms with Crippen molar-refractivity contribution in [3.8, 4) is 5.75 Å². The number of halogens is 2. The highest BCUT2D eigenvalue weighted by molar-refractivity contribution is 6.30. The zero-order chi connectivity index (χ0) is 29.1. The van der Waals surface area contributed by atoms with Crippen LogP contribution < -0.4 is 25.3 Å². The van der Waals surface area contributed by atoms with Crippen LogP contribution >= 0.6 is 11.6 Å². The summed E-state index contributed by atoms with van der Waals surface area (Å²) in [4.78, 5) is 31.4. The molecule has 10 nitrogen and oxygen atoms in total. The Labute approximate surface area is 243 Å². The first kappa shape index (κ1) is 28.6. The summed E-state index contributed by atoms with van der Waals surface area (Å²) in [5.41, 5.74) is 2.53. The Morgan fingerprint density at radius 3 is 2.76 bits per heavy atom. The summed E-state index contributed by atoms with van der Waals surface area (Å²) in [6.45, 7) is 5.66. The van der Waals surface area contributed by atoms with E-state index in [-0.39, 0.29) is 11.9 Å². The highest BCUT2D eigenvalue weighted by Crippen LogP contribution is 2.41. The molecule has 1 aromatic heterocycles. The third-order valence-electron chi connectivity index (χ3n) is 7.36. The fourth-order valence-corrected chi connectivity index (χ4v) is 5.35. The number of amides is 1. The summed E-state index contributed by atoms with van der Waals surface area (Å²) >= 11 is 5.96. The molecule has 2 saturated heterocycles. The van der Waals surface area contributed by atoms with Gasteiger partial charge in [0.05, 0.1) is 36.8 Å². The van der Waals surface area contributed by atoms with Gasteiger partial charge in [-0.1, -0.05) is 24.2 Å². The predicted octanol–water partition coefficient (Wildman–Crippen LogP) is 5.17. The zero-order valence-electron chi connectivity index (χ0n) is 23.2. The summed E-state index contributed by atoms with van der Waals surface area (Å²) < 4.78 is 20.5. The van der Waals surface area contributed by atoms with E-state index in [1.807, 2.05) is 12.1 Å². The van der Waals surface area contributed by atoms with E-state index in [2.05, 4.69) is 51.1 Å². The van der Waals surface area contributed by atoms with Crippen LogP contribution in [0.3, 0.4) is 0 Å². The molecule has 3 heterocycles. The second-order valence-corrected chi connectivity index (χ2v) is 10.6. The highest BCUT2D eigenvalue weighted by atomic mass is 35.5. The molecule has 0 radical (unpaired) electrons. The van der Waals surface area contributed by atoms with Gasteiger partial charge >= 0.3 is 0 Å². The van der Waals surface area contributed by atoms with E-state index in [0.717, 1.165) is 25.2 Å². The van der Waals surface area contributed by atoms with Crippen molar-refractivity contribution in [3.05, 3.63) is 71.8 Å². The first-order valence-corrected chi connectivity index (χ1v) is 13.7. The lowest BCUT2D eigenvalue weighted by Crippen LogP contribution is -2.31. The van der Waals surface area contributed by atoms with Crippen LogP contribution in [0.5, 0.6) is 5.75 Å². The maximum atomic E-state index is 14.7. The van der Waals surface area contributed by atoms with Crippen LogP contribution in [-0.4, -0.2) is 67.7 Å². The Bertz CT molecular complexity index is 1440. The molecule has 5 rings (SSSR count). The van der Waals surface area contributed by atoms with Crippen LogP contribution in [0.2, 0.25) is 5.02 Å². The molecule has 0 saturated carbocycles. The van der Waals surface area contributed by atoms with Crippen LogP contribution in [0.4, 0.5) is 33.1 Å². The van der Waals surface area contributed by atoms with Crippen LogP contribution in [0.25, 0.3) is 0 Å². The molecule has 2 fully saturated rings. The number of likely N-dealkylation sites (N-methyl/N-ethyl adjacent to an activating group) is 1. The van der Waals surface area contributed by atoms with E-state index >= 15 is 0 Å². The zero-order valence-corrected chi connectivity index (χ0v) is 24.0.